The minimum Gasteiger partial charge on any atom is -1.00 e. The summed E-state index contributed by atoms with van der Waals surface area (Å²) in [5.74, 6) is -0.242. The van der Waals surface area contributed by atoms with Gasteiger partial charge in [-0.25, -0.2) is 0 Å². The Kier molecular flexibility index (Phi) is 11.9. The highest BCUT2D eigenvalue weighted by Crippen LogP contribution is 2.45. The molecule has 11 heteroatoms. The number of halogens is 2. The summed E-state index contributed by atoms with van der Waals surface area (Å²) in [6.07, 6.45) is 7.81. The van der Waals surface area contributed by atoms with E-state index >= 15 is 0 Å². The van der Waals surface area contributed by atoms with Gasteiger partial charge in [-0.2, -0.15) is 13.0 Å². The summed E-state index contributed by atoms with van der Waals surface area (Å²) in [4.78, 5) is 3.28. The normalized spacial score (nSPS) is 14.7. The van der Waals surface area contributed by atoms with Gasteiger partial charge in [-0.15, -0.1) is 0 Å². The Hall–Kier alpha value is -1.21. The molecule has 1 aromatic heterocycles. The zero-order valence-electron chi connectivity index (χ0n) is 21.2. The Labute approximate surface area is 249 Å². The molecular formula is C26H33Br2N3O3S3. The van der Waals surface area contributed by atoms with Crippen LogP contribution in [0.2, 0.25) is 0 Å². The van der Waals surface area contributed by atoms with E-state index in [1.165, 1.54) is 15.2 Å². The molecule has 0 atom stereocenters. The van der Waals surface area contributed by atoms with Crippen molar-refractivity contribution in [2.45, 2.75) is 24.3 Å². The van der Waals surface area contributed by atoms with Crippen molar-refractivity contribution in [3.8, 4) is 0 Å². The number of quaternary nitrogens is 1. The van der Waals surface area contributed by atoms with Crippen LogP contribution in [-0.2, 0) is 16.7 Å². The number of anilines is 1. The summed E-state index contributed by atoms with van der Waals surface area (Å²) in [7, 11) is 2.71. The van der Waals surface area contributed by atoms with E-state index in [2.05, 4.69) is 79.2 Å². The lowest BCUT2D eigenvalue weighted by atomic mass is 10.3. The van der Waals surface area contributed by atoms with Crippen molar-refractivity contribution in [1.82, 2.24) is 0 Å². The summed E-state index contributed by atoms with van der Waals surface area (Å²) >= 11 is 3.48. The highest BCUT2D eigenvalue weighted by atomic mass is 79.9. The fraction of sp³-hybridized carbons (Fsp3) is 0.346. The predicted octanol–water partition coefficient (Wildman–Crippen LogP) is -0.962. The third-order valence-electron chi connectivity index (χ3n) is 5.75. The average Bonchev–Trinajstić information content (AvgIpc) is 3.30. The van der Waals surface area contributed by atoms with Crippen LogP contribution in [0.4, 0.5) is 5.69 Å². The van der Waals surface area contributed by atoms with Crippen LogP contribution in [0.25, 0.3) is 16.3 Å². The van der Waals surface area contributed by atoms with Gasteiger partial charge < -0.3 is 43.3 Å². The first-order valence-electron chi connectivity index (χ1n) is 11.7. The first kappa shape index (κ1) is 32.0. The second-order valence-corrected chi connectivity index (χ2v) is 13.3. The molecule has 0 fully saturated rings. The van der Waals surface area contributed by atoms with Crippen LogP contribution in [0, 0.1) is 0 Å². The number of aromatic nitrogens is 1. The minimum absolute atomic E-state index is 0. The second kappa shape index (κ2) is 13.7. The van der Waals surface area contributed by atoms with Gasteiger partial charge in [0.25, 0.3) is 15.1 Å². The maximum absolute atomic E-state index is 11.2. The fourth-order valence-corrected chi connectivity index (χ4v) is 6.83. The predicted molar refractivity (Wildman–Crippen MR) is 147 cm³/mol. The SMILES string of the molecule is C[N+](C)(C)CCC[n+]1c(C=CC=C2Sc3ccccc3N2CCCS(=O)(=O)O)sc2ccccc21.[Br-].[Br-]. The highest BCUT2D eigenvalue weighted by molar-refractivity contribution is 8.03. The summed E-state index contributed by atoms with van der Waals surface area (Å²) in [6.45, 7) is 2.60. The monoisotopic (exact) mass is 689 g/mol. The molecule has 6 nitrogen and oxygen atoms in total. The zero-order valence-corrected chi connectivity index (χ0v) is 26.8. The standard InChI is InChI=1S/C26H32N3O3S3.2BrH/c1-29(2,3)19-9-17-27-21-11-4-6-13-23(21)33-25(27)15-8-16-26-28(18-10-20-35(30,31)32)22-12-5-7-14-24(22)34-26;;/h4-8,11-16H,9-10,17-20H2,1-3H3;2*1H/q+1;;/p-1. The Balaban J connectivity index is 0.00000241. The molecule has 3 aromatic rings. The molecule has 37 heavy (non-hydrogen) atoms. The largest absolute Gasteiger partial charge is 1.00 e. The van der Waals surface area contributed by atoms with Gasteiger partial charge in [0, 0.05) is 23.6 Å². The van der Waals surface area contributed by atoms with Gasteiger partial charge in [0.15, 0.2) is 6.54 Å². The van der Waals surface area contributed by atoms with Gasteiger partial charge in [-0.3, -0.25) is 4.55 Å². The molecule has 1 aliphatic rings. The molecule has 2 heterocycles. The second-order valence-electron chi connectivity index (χ2n) is 9.65. The number of hydrogen-bond acceptors (Lipinski definition) is 5. The lowest BCUT2D eigenvalue weighted by molar-refractivity contribution is -0.873. The first-order valence-corrected chi connectivity index (χ1v) is 14.9. The Bertz CT molecular complexity index is 1370. The van der Waals surface area contributed by atoms with E-state index in [4.69, 9.17) is 4.55 Å². The van der Waals surface area contributed by atoms with Crippen LogP contribution in [0.1, 0.15) is 17.8 Å². The maximum Gasteiger partial charge on any atom is 0.264 e. The number of thioether (sulfide) groups is 1. The Morgan fingerprint density at radius 2 is 1.73 bits per heavy atom. The molecule has 1 N–H and O–H groups in total. The van der Waals surface area contributed by atoms with Crippen molar-refractivity contribution in [2.24, 2.45) is 0 Å². The Morgan fingerprint density at radius 1 is 1.03 bits per heavy atom. The van der Waals surface area contributed by atoms with Crippen molar-refractivity contribution in [1.29, 1.82) is 0 Å². The molecule has 0 saturated heterocycles. The Morgan fingerprint density at radius 3 is 2.46 bits per heavy atom. The molecule has 202 valence electrons. The molecular weight excluding hydrogens is 658 g/mol. The maximum atomic E-state index is 11.2. The molecule has 0 amide bonds. The summed E-state index contributed by atoms with van der Waals surface area (Å²) in [5.41, 5.74) is 2.34. The number of rotatable bonds is 10. The lowest BCUT2D eigenvalue weighted by Crippen LogP contribution is -3.00. The van der Waals surface area contributed by atoms with Gasteiger partial charge in [-0.1, -0.05) is 53.4 Å². The van der Waals surface area contributed by atoms with E-state index in [1.54, 1.807) is 23.1 Å². The quantitative estimate of drug-likeness (QED) is 0.169. The fourth-order valence-electron chi connectivity index (χ4n) is 4.14. The summed E-state index contributed by atoms with van der Waals surface area (Å²) in [6, 6.07) is 16.7. The zero-order chi connectivity index (χ0) is 25.1. The van der Waals surface area contributed by atoms with E-state index in [1.807, 2.05) is 18.2 Å². The van der Waals surface area contributed by atoms with Gasteiger partial charge in [0.05, 0.1) is 50.6 Å². The molecule has 1 aliphatic heterocycles. The number of nitrogens with zero attached hydrogens (tertiary/aromatic N) is 3. The molecule has 2 aromatic carbocycles. The molecule has 0 radical (unpaired) electrons. The summed E-state index contributed by atoms with van der Waals surface area (Å²) in [5, 5.41) is 2.26. The van der Waals surface area contributed by atoms with Crippen LogP contribution < -0.4 is 43.4 Å². The number of para-hydroxylation sites is 2. The van der Waals surface area contributed by atoms with Crippen molar-refractivity contribution in [3.63, 3.8) is 0 Å². The van der Waals surface area contributed by atoms with Crippen molar-refractivity contribution >= 4 is 55.2 Å². The van der Waals surface area contributed by atoms with Gasteiger partial charge >= 0.3 is 0 Å². The molecule has 0 aliphatic carbocycles. The third kappa shape index (κ3) is 8.91. The molecule has 0 spiro atoms. The van der Waals surface area contributed by atoms with Crippen LogP contribution in [0.15, 0.2) is 70.6 Å². The number of hydrogen-bond donors (Lipinski definition) is 1. The molecule has 4 rings (SSSR count). The van der Waals surface area contributed by atoms with Gasteiger partial charge in [-0.05, 0) is 30.7 Å². The first-order chi connectivity index (χ1) is 16.6. The van der Waals surface area contributed by atoms with Crippen LogP contribution in [0.5, 0.6) is 0 Å². The average molecular weight is 692 g/mol. The lowest BCUT2D eigenvalue weighted by Gasteiger charge is -2.22. The van der Waals surface area contributed by atoms with Crippen molar-refractivity contribution in [2.75, 3.05) is 44.9 Å². The van der Waals surface area contributed by atoms with E-state index in [9.17, 15) is 8.42 Å². The molecule has 0 saturated carbocycles. The van der Waals surface area contributed by atoms with Gasteiger partial charge in [0.1, 0.15) is 4.70 Å². The molecule has 0 bridgehead atoms. The van der Waals surface area contributed by atoms with Crippen LogP contribution in [-0.4, -0.2) is 57.4 Å². The van der Waals surface area contributed by atoms with E-state index < -0.39 is 10.1 Å². The topological polar surface area (TPSA) is 61.5 Å². The van der Waals surface area contributed by atoms with Gasteiger partial charge in [0.2, 0.25) is 5.52 Å². The van der Waals surface area contributed by atoms with Crippen LogP contribution in [0.3, 0.4) is 0 Å². The molecule has 0 unspecified atom stereocenters. The number of benzene rings is 2. The minimum atomic E-state index is -3.97. The highest BCUT2D eigenvalue weighted by Gasteiger charge is 2.25. The number of fused-ring (bicyclic) bond motifs is 2. The smallest absolute Gasteiger partial charge is 0.264 e. The van der Waals surface area contributed by atoms with E-state index in [0.29, 0.717) is 13.0 Å². The number of allylic oxidation sites excluding steroid dienone is 2. The summed E-state index contributed by atoms with van der Waals surface area (Å²) < 4.78 is 36.2. The number of aryl methyl sites for hydroxylation is 1. The van der Waals surface area contributed by atoms with Crippen LogP contribution >= 0.6 is 23.1 Å². The third-order valence-corrected chi connectivity index (χ3v) is 8.81. The van der Waals surface area contributed by atoms with E-state index in [0.717, 1.165) is 39.6 Å². The number of thiazole rings is 1. The van der Waals surface area contributed by atoms with Crippen molar-refractivity contribution < 1.29 is 56.0 Å². The van der Waals surface area contributed by atoms with E-state index in [-0.39, 0.29) is 39.7 Å². The van der Waals surface area contributed by atoms with Crippen molar-refractivity contribution in [3.05, 3.63) is 70.7 Å².